The number of carboxylic acid groups (broad SMARTS) is 1. The van der Waals surface area contributed by atoms with E-state index in [0.29, 0.717) is 16.3 Å². The molecule has 28 heavy (non-hydrogen) atoms. The Bertz CT molecular complexity index is 978. The number of halogens is 3. The zero-order chi connectivity index (χ0) is 20.5. The van der Waals surface area contributed by atoms with Crippen LogP contribution in [-0.4, -0.2) is 36.0 Å². The molecule has 0 bridgehead atoms. The van der Waals surface area contributed by atoms with E-state index in [1.54, 1.807) is 12.1 Å². The minimum Gasteiger partial charge on any atom is -0.497 e. The summed E-state index contributed by atoms with van der Waals surface area (Å²) in [4.78, 5) is 23.5. The number of amides is 1. The fourth-order valence-corrected chi connectivity index (χ4v) is 2.54. The summed E-state index contributed by atoms with van der Waals surface area (Å²) in [6.45, 7) is 0. The molecule has 9 heteroatoms. The molecule has 0 spiro atoms. The zero-order valence-corrected chi connectivity index (χ0v) is 14.4. The Morgan fingerprint density at radius 1 is 1.11 bits per heavy atom. The number of alkyl halides is 3. The second-order valence-electron chi connectivity index (χ2n) is 5.75. The molecule has 0 saturated heterocycles. The molecule has 1 amide bonds. The van der Waals surface area contributed by atoms with Crippen molar-refractivity contribution in [3.05, 3.63) is 65.2 Å². The van der Waals surface area contributed by atoms with E-state index in [1.807, 2.05) is 0 Å². The van der Waals surface area contributed by atoms with Gasteiger partial charge in [-0.1, -0.05) is 12.1 Å². The van der Waals surface area contributed by atoms with Crippen LogP contribution in [0, 0.1) is 0 Å². The summed E-state index contributed by atoms with van der Waals surface area (Å²) in [6, 6.07) is 10.9. The van der Waals surface area contributed by atoms with Crippen LogP contribution in [-0.2, 0) is 4.79 Å². The fourth-order valence-electron chi connectivity index (χ4n) is 2.54. The van der Waals surface area contributed by atoms with Crippen LogP contribution >= 0.6 is 0 Å². The number of hydrazone groups is 1. The lowest BCUT2D eigenvalue weighted by atomic mass is 10.1. The van der Waals surface area contributed by atoms with Gasteiger partial charge in [0.2, 0.25) is 0 Å². The summed E-state index contributed by atoms with van der Waals surface area (Å²) in [6.07, 6.45) is -3.75. The summed E-state index contributed by atoms with van der Waals surface area (Å²) in [5.74, 6) is -1.64. The number of benzene rings is 2. The first-order chi connectivity index (χ1) is 13.2. The van der Waals surface area contributed by atoms with Gasteiger partial charge in [0.25, 0.3) is 5.91 Å². The van der Waals surface area contributed by atoms with E-state index >= 15 is 0 Å². The van der Waals surface area contributed by atoms with E-state index in [-0.39, 0.29) is 11.3 Å². The number of nitrogens with zero attached hydrogens (tertiary/aromatic N) is 2. The van der Waals surface area contributed by atoms with Crippen molar-refractivity contribution in [2.24, 2.45) is 5.10 Å². The monoisotopic (exact) mass is 390 g/mol. The van der Waals surface area contributed by atoms with Crippen molar-refractivity contribution in [3.8, 4) is 5.75 Å². The van der Waals surface area contributed by atoms with E-state index in [0.717, 1.165) is 6.08 Å². The maximum Gasteiger partial charge on any atom is 0.435 e. The molecule has 6 nitrogen and oxygen atoms in total. The number of methoxy groups -OCH3 is 1. The summed E-state index contributed by atoms with van der Waals surface area (Å²) in [5, 5.41) is 12.9. The summed E-state index contributed by atoms with van der Waals surface area (Å²) < 4.78 is 45.2. The van der Waals surface area contributed by atoms with E-state index in [9.17, 15) is 22.8 Å². The first-order valence-electron chi connectivity index (χ1n) is 7.90. The van der Waals surface area contributed by atoms with Gasteiger partial charge in [-0.15, -0.1) is 0 Å². The van der Waals surface area contributed by atoms with Crippen molar-refractivity contribution in [1.82, 2.24) is 0 Å². The molecule has 1 heterocycles. The molecule has 2 aromatic rings. The topological polar surface area (TPSA) is 79.2 Å². The van der Waals surface area contributed by atoms with Crippen LogP contribution in [0.4, 0.5) is 18.9 Å². The van der Waals surface area contributed by atoms with Crippen LogP contribution in [0.25, 0.3) is 6.08 Å². The number of rotatable bonds is 4. The van der Waals surface area contributed by atoms with Gasteiger partial charge < -0.3 is 9.84 Å². The number of hydrogen-bond donors (Lipinski definition) is 1. The third kappa shape index (κ3) is 3.73. The van der Waals surface area contributed by atoms with Crippen LogP contribution in [0.15, 0.2) is 59.2 Å². The number of hydrogen-bond acceptors (Lipinski definition) is 4. The molecule has 144 valence electrons. The van der Waals surface area contributed by atoms with Gasteiger partial charge in [-0.3, -0.25) is 4.79 Å². The Balaban J connectivity index is 2.01. The highest BCUT2D eigenvalue weighted by atomic mass is 19.4. The van der Waals surface area contributed by atoms with Crippen LogP contribution in [0.2, 0.25) is 0 Å². The lowest BCUT2D eigenvalue weighted by molar-refractivity contribution is -0.114. The number of carboxylic acids is 1. The van der Waals surface area contributed by atoms with Crippen molar-refractivity contribution >= 4 is 29.4 Å². The highest BCUT2D eigenvalue weighted by Crippen LogP contribution is 2.32. The minimum absolute atomic E-state index is 0.0230. The average molecular weight is 390 g/mol. The van der Waals surface area contributed by atoms with E-state index < -0.39 is 29.3 Å². The molecule has 0 unspecified atom stereocenters. The Hall–Kier alpha value is -3.62. The van der Waals surface area contributed by atoms with Gasteiger partial charge in [0, 0.05) is 0 Å². The van der Waals surface area contributed by atoms with Gasteiger partial charge in [-0.2, -0.15) is 23.3 Å². The van der Waals surface area contributed by atoms with Gasteiger partial charge in [0.15, 0.2) is 5.71 Å². The molecule has 1 N–H and O–H groups in total. The Morgan fingerprint density at radius 2 is 1.71 bits per heavy atom. The van der Waals surface area contributed by atoms with Gasteiger partial charge in [0.05, 0.1) is 23.9 Å². The third-order valence-electron chi connectivity index (χ3n) is 3.93. The highest BCUT2D eigenvalue weighted by Gasteiger charge is 2.46. The molecule has 0 aromatic heterocycles. The predicted octanol–water partition coefficient (Wildman–Crippen LogP) is 3.74. The second kappa shape index (κ2) is 7.18. The molecule has 1 aliphatic heterocycles. The van der Waals surface area contributed by atoms with Crippen molar-refractivity contribution in [2.75, 3.05) is 12.1 Å². The standard InChI is InChI=1S/C19H13F3N2O4/c1-28-14-8-2-11(3-9-14)10-15-16(19(20,21)22)23-24(17(15)25)13-6-4-12(5-7-13)18(26)27/h2-10H,1H3,(H,26,27)/b15-10-. The molecule has 0 radical (unpaired) electrons. The minimum atomic E-state index is -4.84. The van der Waals surface area contributed by atoms with E-state index in [2.05, 4.69) is 5.10 Å². The van der Waals surface area contributed by atoms with Crippen LogP contribution < -0.4 is 9.75 Å². The van der Waals surface area contributed by atoms with Crippen LogP contribution in [0.5, 0.6) is 5.75 Å². The predicted molar refractivity (Wildman–Crippen MR) is 95.3 cm³/mol. The lowest BCUT2D eigenvalue weighted by Crippen LogP contribution is -2.25. The molecule has 0 atom stereocenters. The number of carbonyl (C=O) groups excluding carboxylic acids is 1. The fraction of sp³-hybridized carbons (Fsp3) is 0.105. The lowest BCUT2D eigenvalue weighted by Gasteiger charge is -2.11. The molecule has 2 aromatic carbocycles. The number of aromatic carboxylic acids is 1. The highest BCUT2D eigenvalue weighted by molar-refractivity contribution is 6.34. The summed E-state index contributed by atoms with van der Waals surface area (Å²) in [7, 11) is 1.45. The largest absolute Gasteiger partial charge is 0.497 e. The van der Waals surface area contributed by atoms with Crippen molar-refractivity contribution in [2.45, 2.75) is 6.18 Å². The quantitative estimate of drug-likeness (QED) is 0.807. The molecule has 0 fully saturated rings. The molecule has 1 aliphatic rings. The molecule has 0 aliphatic carbocycles. The molecule has 3 rings (SSSR count). The number of carbonyl (C=O) groups is 2. The zero-order valence-electron chi connectivity index (χ0n) is 14.4. The Labute approximate surface area is 157 Å². The Kier molecular flexibility index (Phi) is 4.91. The molecular weight excluding hydrogens is 377 g/mol. The SMILES string of the molecule is COc1ccc(/C=C2\C(=O)N(c3ccc(C(=O)O)cc3)N=C2C(F)(F)F)cc1. The van der Waals surface area contributed by atoms with Crippen LogP contribution in [0.1, 0.15) is 15.9 Å². The maximum atomic E-state index is 13.4. The maximum absolute atomic E-state index is 13.4. The van der Waals surface area contributed by atoms with Crippen molar-refractivity contribution in [1.29, 1.82) is 0 Å². The second-order valence-corrected chi connectivity index (χ2v) is 5.75. The van der Waals surface area contributed by atoms with E-state index in [1.165, 1.54) is 43.5 Å². The summed E-state index contributed by atoms with van der Waals surface area (Å²) >= 11 is 0. The normalized spacial score (nSPS) is 15.7. The van der Waals surface area contributed by atoms with Crippen molar-refractivity contribution < 1.29 is 32.6 Å². The van der Waals surface area contributed by atoms with Gasteiger partial charge in [-0.05, 0) is 48.0 Å². The third-order valence-corrected chi connectivity index (χ3v) is 3.93. The molecule has 0 saturated carbocycles. The average Bonchev–Trinajstić information content (AvgIpc) is 2.99. The smallest absolute Gasteiger partial charge is 0.435 e. The first-order valence-corrected chi connectivity index (χ1v) is 7.90. The summed E-state index contributed by atoms with van der Waals surface area (Å²) in [5.41, 5.74) is -1.61. The number of anilines is 1. The van der Waals surface area contributed by atoms with E-state index in [4.69, 9.17) is 9.84 Å². The van der Waals surface area contributed by atoms with Gasteiger partial charge in [-0.25, -0.2) is 4.79 Å². The van der Waals surface area contributed by atoms with Crippen molar-refractivity contribution in [3.63, 3.8) is 0 Å². The van der Waals surface area contributed by atoms with Gasteiger partial charge >= 0.3 is 12.1 Å². The molecular formula is C19H13F3N2O4. The Morgan fingerprint density at radius 3 is 2.21 bits per heavy atom. The van der Waals surface area contributed by atoms with Crippen LogP contribution in [0.3, 0.4) is 0 Å². The first kappa shape index (κ1) is 19.2. The van der Waals surface area contributed by atoms with Gasteiger partial charge in [0.1, 0.15) is 5.75 Å². The number of ether oxygens (including phenoxy) is 1.